The van der Waals surface area contributed by atoms with Gasteiger partial charge >= 0.3 is 0 Å². The molecule has 3 amide bonds. The zero-order valence-electron chi connectivity index (χ0n) is 13.6. The number of piperazine rings is 1. The Morgan fingerprint density at radius 2 is 1.83 bits per heavy atom. The van der Waals surface area contributed by atoms with Crippen molar-refractivity contribution in [3.8, 4) is 0 Å². The molecule has 8 heteroatoms. The van der Waals surface area contributed by atoms with Crippen LogP contribution in [0.3, 0.4) is 0 Å². The molecule has 0 radical (unpaired) electrons. The minimum Gasteiger partial charge on any atom is -0.342 e. The number of halogens is 1. The maximum absolute atomic E-state index is 11.9. The number of amides is 3. The summed E-state index contributed by atoms with van der Waals surface area (Å²) < 4.78 is 0.789. The number of hydrogen-bond acceptors (Lipinski definition) is 3. The van der Waals surface area contributed by atoms with E-state index in [1.54, 1.807) is 17.9 Å². The van der Waals surface area contributed by atoms with E-state index in [1.807, 2.05) is 18.2 Å². The zero-order chi connectivity index (χ0) is 17.5. The van der Waals surface area contributed by atoms with Crippen LogP contribution in [0.4, 0.5) is 5.69 Å². The molecule has 7 nitrogen and oxygen atoms in total. The van der Waals surface area contributed by atoms with E-state index in [0.717, 1.165) is 22.5 Å². The number of nitrogens with one attached hydrogen (secondary N) is 3. The van der Waals surface area contributed by atoms with Gasteiger partial charge in [0.05, 0.1) is 38.4 Å². The highest BCUT2D eigenvalue weighted by Crippen LogP contribution is 2.20. The number of quaternary nitrogens is 1. The Hall–Kier alpha value is -1.93. The number of nitrogens with zero attached hydrogens (tertiary/aromatic N) is 1. The number of hydrogen-bond donors (Lipinski definition) is 3. The molecule has 1 aliphatic rings. The normalized spacial score (nSPS) is 15.0. The van der Waals surface area contributed by atoms with Crippen molar-refractivity contribution in [3.63, 3.8) is 0 Å². The first-order chi connectivity index (χ1) is 11.5. The Kier molecular flexibility index (Phi) is 6.74. The fourth-order valence-corrected chi connectivity index (χ4v) is 2.92. The lowest BCUT2D eigenvalue weighted by molar-refractivity contribution is -0.896. The van der Waals surface area contributed by atoms with E-state index in [-0.39, 0.29) is 24.3 Å². The molecule has 3 N–H and O–H groups in total. The second-order valence-electron chi connectivity index (χ2n) is 5.74. The fourth-order valence-electron chi connectivity index (χ4n) is 2.54. The lowest BCUT2D eigenvalue weighted by Crippen LogP contribution is -3.15. The average molecular weight is 398 g/mol. The van der Waals surface area contributed by atoms with Crippen LogP contribution in [0.25, 0.3) is 0 Å². The predicted octanol–water partition coefficient (Wildman–Crippen LogP) is -0.749. The van der Waals surface area contributed by atoms with Gasteiger partial charge in [-0.2, -0.15) is 0 Å². The van der Waals surface area contributed by atoms with Crippen molar-refractivity contribution in [2.75, 3.05) is 44.6 Å². The third-order valence-corrected chi connectivity index (χ3v) is 4.61. The van der Waals surface area contributed by atoms with Crippen LogP contribution in [-0.2, 0) is 14.4 Å². The summed E-state index contributed by atoms with van der Waals surface area (Å²) in [6.45, 7) is 4.63. The monoisotopic (exact) mass is 397 g/mol. The number of anilines is 1. The van der Waals surface area contributed by atoms with Gasteiger partial charge in [-0.3, -0.25) is 14.4 Å². The van der Waals surface area contributed by atoms with E-state index in [1.165, 1.54) is 0 Å². The van der Waals surface area contributed by atoms with Crippen molar-refractivity contribution in [3.05, 3.63) is 28.7 Å². The summed E-state index contributed by atoms with van der Waals surface area (Å²) in [4.78, 5) is 38.0. The molecule has 0 atom stereocenters. The van der Waals surface area contributed by atoms with Crippen LogP contribution in [0.2, 0.25) is 0 Å². The second-order valence-corrected chi connectivity index (χ2v) is 6.59. The predicted molar refractivity (Wildman–Crippen MR) is 93.6 cm³/mol. The highest BCUT2D eigenvalue weighted by Gasteiger charge is 2.23. The van der Waals surface area contributed by atoms with E-state index < -0.39 is 0 Å². The van der Waals surface area contributed by atoms with Gasteiger partial charge in [-0.1, -0.05) is 12.1 Å². The Morgan fingerprint density at radius 3 is 2.46 bits per heavy atom. The van der Waals surface area contributed by atoms with Crippen molar-refractivity contribution in [2.45, 2.75) is 6.92 Å². The van der Waals surface area contributed by atoms with Crippen LogP contribution in [0, 0.1) is 0 Å². The third kappa shape index (κ3) is 5.61. The first-order valence-electron chi connectivity index (χ1n) is 7.86. The minimum atomic E-state index is -0.272. The van der Waals surface area contributed by atoms with Gasteiger partial charge in [0.1, 0.15) is 0 Å². The SMILES string of the molecule is CC(=O)N1CC[NH+](CC(=O)NCC(=O)Nc2ccccc2Br)CC1. The summed E-state index contributed by atoms with van der Waals surface area (Å²) in [5.41, 5.74) is 0.669. The first kappa shape index (κ1) is 18.4. The van der Waals surface area contributed by atoms with Crippen molar-refractivity contribution < 1.29 is 19.3 Å². The molecule has 1 saturated heterocycles. The summed E-state index contributed by atoms with van der Waals surface area (Å²) in [5.74, 6) is -0.363. The maximum atomic E-state index is 11.9. The van der Waals surface area contributed by atoms with E-state index >= 15 is 0 Å². The lowest BCUT2D eigenvalue weighted by Gasteiger charge is -2.31. The second kappa shape index (κ2) is 8.79. The number of carbonyl (C=O) groups excluding carboxylic acids is 3. The summed E-state index contributed by atoms with van der Waals surface area (Å²) >= 11 is 3.35. The molecule has 0 spiro atoms. The van der Waals surface area contributed by atoms with Gasteiger partial charge in [-0.25, -0.2) is 0 Å². The highest BCUT2D eigenvalue weighted by molar-refractivity contribution is 9.10. The van der Waals surface area contributed by atoms with Crippen LogP contribution in [0.1, 0.15) is 6.92 Å². The van der Waals surface area contributed by atoms with Crippen LogP contribution >= 0.6 is 15.9 Å². The van der Waals surface area contributed by atoms with Gasteiger partial charge < -0.3 is 20.4 Å². The first-order valence-corrected chi connectivity index (χ1v) is 8.65. The number of rotatable bonds is 5. The molecule has 0 aliphatic carbocycles. The van der Waals surface area contributed by atoms with Gasteiger partial charge in [-0.05, 0) is 28.1 Å². The summed E-state index contributed by atoms with van der Waals surface area (Å²) in [6, 6.07) is 7.29. The number of benzene rings is 1. The molecule has 1 aliphatic heterocycles. The molecular weight excluding hydrogens is 376 g/mol. The van der Waals surface area contributed by atoms with Gasteiger partial charge in [0.25, 0.3) is 5.91 Å². The van der Waals surface area contributed by atoms with Gasteiger partial charge in [0.2, 0.25) is 11.8 Å². The molecule has 1 fully saturated rings. The lowest BCUT2D eigenvalue weighted by atomic mass is 10.3. The van der Waals surface area contributed by atoms with Crippen molar-refractivity contribution >= 4 is 39.3 Å². The fraction of sp³-hybridized carbons (Fsp3) is 0.438. The largest absolute Gasteiger partial charge is 0.342 e. The average Bonchev–Trinajstić information content (AvgIpc) is 2.55. The van der Waals surface area contributed by atoms with Gasteiger partial charge in [-0.15, -0.1) is 0 Å². The van der Waals surface area contributed by atoms with E-state index in [2.05, 4.69) is 26.6 Å². The molecule has 1 heterocycles. The Morgan fingerprint density at radius 1 is 1.17 bits per heavy atom. The van der Waals surface area contributed by atoms with Crippen molar-refractivity contribution in [2.24, 2.45) is 0 Å². The summed E-state index contributed by atoms with van der Waals surface area (Å²) in [6.07, 6.45) is 0. The summed E-state index contributed by atoms with van der Waals surface area (Å²) in [7, 11) is 0. The Bertz CT molecular complexity index is 615. The zero-order valence-corrected chi connectivity index (χ0v) is 15.2. The standard InChI is InChI=1S/C16H21BrN4O3/c1-12(22)21-8-6-20(7-9-21)11-16(24)18-10-15(23)19-14-5-3-2-4-13(14)17/h2-5H,6-11H2,1H3,(H,18,24)(H,19,23)/p+1. The molecule has 1 aromatic carbocycles. The van der Waals surface area contributed by atoms with E-state index in [4.69, 9.17) is 0 Å². The van der Waals surface area contributed by atoms with Crippen LogP contribution in [-0.4, -0.2) is 61.9 Å². The Balaban J connectivity index is 1.69. The van der Waals surface area contributed by atoms with Crippen LogP contribution in [0.15, 0.2) is 28.7 Å². The van der Waals surface area contributed by atoms with Crippen LogP contribution in [0.5, 0.6) is 0 Å². The number of para-hydroxylation sites is 1. The molecule has 0 aromatic heterocycles. The molecule has 0 unspecified atom stereocenters. The molecule has 130 valence electrons. The van der Waals surface area contributed by atoms with Crippen molar-refractivity contribution in [1.29, 1.82) is 0 Å². The minimum absolute atomic E-state index is 0.0625. The van der Waals surface area contributed by atoms with Crippen molar-refractivity contribution in [1.82, 2.24) is 10.2 Å². The quantitative estimate of drug-likeness (QED) is 0.611. The smallest absolute Gasteiger partial charge is 0.275 e. The molecule has 0 saturated carbocycles. The maximum Gasteiger partial charge on any atom is 0.275 e. The van der Waals surface area contributed by atoms with E-state index in [9.17, 15) is 14.4 Å². The molecule has 2 rings (SSSR count). The third-order valence-electron chi connectivity index (χ3n) is 3.92. The Labute approximate surface area is 149 Å². The molecule has 1 aromatic rings. The van der Waals surface area contributed by atoms with Gasteiger partial charge in [0.15, 0.2) is 6.54 Å². The van der Waals surface area contributed by atoms with E-state index in [0.29, 0.717) is 25.3 Å². The van der Waals surface area contributed by atoms with Gasteiger partial charge in [0, 0.05) is 11.4 Å². The topological polar surface area (TPSA) is 83.0 Å². The number of carbonyl (C=O) groups is 3. The molecule has 24 heavy (non-hydrogen) atoms. The molecular formula is C16H22BrN4O3+. The summed E-state index contributed by atoms with van der Waals surface area (Å²) in [5, 5.41) is 5.37. The highest BCUT2D eigenvalue weighted by atomic mass is 79.9. The van der Waals surface area contributed by atoms with Crippen LogP contribution < -0.4 is 15.5 Å². The molecule has 0 bridgehead atoms.